The number of carbonyl (C=O) groups excluding carboxylic acids is 1. The van der Waals surface area contributed by atoms with Crippen LogP contribution in [0.15, 0.2) is 35.0 Å². The molecule has 1 aliphatic heterocycles. The topological polar surface area (TPSA) is 67.6 Å². The standard InChI is InChI=1S/C17H21N3O3/c1-3-13-4-5-16(23-13)15-11-22-9-8-20(15)17(21)19-14-6-7-18-10-12(14)2/h4-7,10,15H,3,8-9,11H2,1-2H3,(H,18,19,21)/t15-/m1/s1. The van der Waals surface area contributed by atoms with Crippen molar-refractivity contribution < 1.29 is 13.9 Å². The highest BCUT2D eigenvalue weighted by atomic mass is 16.5. The van der Waals surface area contributed by atoms with Crippen LogP contribution in [0.1, 0.15) is 30.0 Å². The molecular formula is C17H21N3O3. The molecule has 0 saturated carbocycles. The van der Waals surface area contributed by atoms with Crippen molar-refractivity contribution >= 4 is 11.7 Å². The van der Waals surface area contributed by atoms with Crippen LogP contribution in [0.5, 0.6) is 0 Å². The molecule has 0 radical (unpaired) electrons. The van der Waals surface area contributed by atoms with Crippen LogP contribution in [-0.2, 0) is 11.2 Å². The molecule has 0 bridgehead atoms. The molecule has 1 atom stereocenters. The van der Waals surface area contributed by atoms with Crippen LogP contribution in [0.4, 0.5) is 10.5 Å². The Balaban J connectivity index is 1.78. The van der Waals surface area contributed by atoms with E-state index in [9.17, 15) is 4.79 Å². The summed E-state index contributed by atoms with van der Waals surface area (Å²) in [6.45, 7) is 5.46. The van der Waals surface area contributed by atoms with Crippen molar-refractivity contribution in [3.8, 4) is 0 Å². The van der Waals surface area contributed by atoms with Gasteiger partial charge in [-0.05, 0) is 30.7 Å². The zero-order valence-electron chi connectivity index (χ0n) is 13.4. The number of hydrogen-bond donors (Lipinski definition) is 1. The number of anilines is 1. The maximum atomic E-state index is 12.7. The fourth-order valence-corrected chi connectivity index (χ4v) is 2.65. The third-order valence-corrected chi connectivity index (χ3v) is 4.01. The Morgan fingerprint density at radius 2 is 2.30 bits per heavy atom. The van der Waals surface area contributed by atoms with Crippen LogP contribution in [0, 0.1) is 6.92 Å². The van der Waals surface area contributed by atoms with Crippen LogP contribution in [-0.4, -0.2) is 35.7 Å². The highest BCUT2D eigenvalue weighted by Gasteiger charge is 2.31. The number of morpholine rings is 1. The molecule has 3 heterocycles. The average molecular weight is 315 g/mol. The molecule has 1 aliphatic rings. The third kappa shape index (κ3) is 3.37. The van der Waals surface area contributed by atoms with Crippen molar-refractivity contribution in [2.24, 2.45) is 0 Å². The van der Waals surface area contributed by atoms with Crippen LogP contribution in [0.3, 0.4) is 0 Å². The van der Waals surface area contributed by atoms with Crippen molar-refractivity contribution in [2.75, 3.05) is 25.1 Å². The number of aryl methyl sites for hydroxylation is 2. The van der Waals surface area contributed by atoms with Crippen molar-refractivity contribution in [3.63, 3.8) is 0 Å². The maximum absolute atomic E-state index is 12.7. The van der Waals surface area contributed by atoms with Crippen molar-refractivity contribution in [1.82, 2.24) is 9.88 Å². The van der Waals surface area contributed by atoms with Gasteiger partial charge in [0.1, 0.15) is 17.6 Å². The molecule has 1 fully saturated rings. The second-order valence-electron chi connectivity index (χ2n) is 5.56. The molecule has 0 unspecified atom stereocenters. The van der Waals surface area contributed by atoms with E-state index in [0.717, 1.165) is 29.2 Å². The van der Waals surface area contributed by atoms with Gasteiger partial charge in [0.2, 0.25) is 0 Å². The van der Waals surface area contributed by atoms with E-state index in [1.807, 2.05) is 26.0 Å². The zero-order valence-corrected chi connectivity index (χ0v) is 13.4. The minimum atomic E-state index is -0.203. The number of pyridine rings is 1. The molecule has 1 N–H and O–H groups in total. The maximum Gasteiger partial charge on any atom is 0.322 e. The minimum absolute atomic E-state index is 0.151. The van der Waals surface area contributed by atoms with Gasteiger partial charge in [-0.3, -0.25) is 4.98 Å². The molecule has 2 amide bonds. The lowest BCUT2D eigenvalue weighted by atomic mass is 10.2. The van der Waals surface area contributed by atoms with Gasteiger partial charge in [0, 0.05) is 31.0 Å². The first kappa shape index (κ1) is 15.6. The molecule has 2 aromatic heterocycles. The van der Waals surface area contributed by atoms with Crippen LogP contribution in [0.2, 0.25) is 0 Å². The van der Waals surface area contributed by atoms with Gasteiger partial charge in [-0.2, -0.15) is 0 Å². The zero-order chi connectivity index (χ0) is 16.2. The summed E-state index contributed by atoms with van der Waals surface area (Å²) in [5.41, 5.74) is 1.70. The molecule has 3 rings (SSSR count). The first-order valence-corrected chi connectivity index (χ1v) is 7.83. The molecule has 6 heteroatoms. The first-order chi connectivity index (χ1) is 11.2. The Bertz CT molecular complexity index is 683. The van der Waals surface area contributed by atoms with E-state index in [-0.39, 0.29) is 12.1 Å². The number of rotatable bonds is 3. The van der Waals surface area contributed by atoms with Gasteiger partial charge in [0.05, 0.1) is 13.2 Å². The summed E-state index contributed by atoms with van der Waals surface area (Å²) in [5, 5.41) is 2.95. The third-order valence-electron chi connectivity index (χ3n) is 4.01. The quantitative estimate of drug-likeness (QED) is 0.945. The van der Waals surface area contributed by atoms with Crippen LogP contribution >= 0.6 is 0 Å². The second-order valence-corrected chi connectivity index (χ2v) is 5.56. The molecule has 0 aliphatic carbocycles. The summed E-state index contributed by atoms with van der Waals surface area (Å²) < 4.78 is 11.4. The number of carbonyl (C=O) groups is 1. The lowest BCUT2D eigenvalue weighted by molar-refractivity contribution is 0.00701. The predicted molar refractivity (Wildman–Crippen MR) is 86.3 cm³/mol. The SMILES string of the molecule is CCc1ccc([C@H]2COCCN2C(=O)Nc2ccncc2C)o1. The number of ether oxygens (including phenoxy) is 1. The highest BCUT2D eigenvalue weighted by Crippen LogP contribution is 2.27. The van der Waals surface area contributed by atoms with Gasteiger partial charge < -0.3 is 19.4 Å². The summed E-state index contributed by atoms with van der Waals surface area (Å²) in [6, 6.07) is 5.32. The number of nitrogens with one attached hydrogen (secondary N) is 1. The molecular weight excluding hydrogens is 294 g/mol. The number of furan rings is 1. The summed E-state index contributed by atoms with van der Waals surface area (Å²) in [7, 11) is 0. The van der Waals surface area contributed by atoms with Gasteiger partial charge in [0.25, 0.3) is 0 Å². The van der Waals surface area contributed by atoms with Gasteiger partial charge in [-0.15, -0.1) is 0 Å². The number of urea groups is 1. The van der Waals surface area contributed by atoms with E-state index >= 15 is 0 Å². The summed E-state index contributed by atoms with van der Waals surface area (Å²) in [4.78, 5) is 18.5. The van der Waals surface area contributed by atoms with E-state index in [1.54, 1.807) is 23.4 Å². The Morgan fingerprint density at radius 1 is 1.43 bits per heavy atom. The fraction of sp³-hybridized carbons (Fsp3) is 0.412. The van der Waals surface area contributed by atoms with Crippen LogP contribution < -0.4 is 5.32 Å². The molecule has 0 aromatic carbocycles. The van der Waals surface area contributed by atoms with Gasteiger partial charge in [0.15, 0.2) is 0 Å². The smallest absolute Gasteiger partial charge is 0.322 e. The van der Waals surface area contributed by atoms with Crippen molar-refractivity contribution in [1.29, 1.82) is 0 Å². The highest BCUT2D eigenvalue weighted by molar-refractivity contribution is 5.90. The fourth-order valence-electron chi connectivity index (χ4n) is 2.65. The Hall–Kier alpha value is -2.34. The van der Waals surface area contributed by atoms with Gasteiger partial charge >= 0.3 is 6.03 Å². The molecule has 122 valence electrons. The number of amides is 2. The molecule has 1 saturated heterocycles. The minimum Gasteiger partial charge on any atom is -0.464 e. The Labute approximate surface area is 135 Å². The monoisotopic (exact) mass is 315 g/mol. The molecule has 2 aromatic rings. The normalized spacial score (nSPS) is 18.0. The second kappa shape index (κ2) is 6.83. The number of nitrogens with zero attached hydrogens (tertiary/aromatic N) is 2. The van der Waals surface area contributed by atoms with Crippen molar-refractivity contribution in [2.45, 2.75) is 26.3 Å². The van der Waals surface area contributed by atoms with E-state index in [2.05, 4.69) is 10.3 Å². The van der Waals surface area contributed by atoms with E-state index in [1.165, 1.54) is 0 Å². The number of aromatic nitrogens is 1. The van der Waals surface area contributed by atoms with Crippen molar-refractivity contribution in [3.05, 3.63) is 47.7 Å². The van der Waals surface area contributed by atoms with Gasteiger partial charge in [-0.25, -0.2) is 4.79 Å². The van der Waals surface area contributed by atoms with Crippen LogP contribution in [0.25, 0.3) is 0 Å². The summed E-state index contributed by atoms with van der Waals surface area (Å²) in [6.07, 6.45) is 4.22. The molecule has 0 spiro atoms. The number of hydrogen-bond acceptors (Lipinski definition) is 4. The van der Waals surface area contributed by atoms with E-state index in [0.29, 0.717) is 19.8 Å². The lowest BCUT2D eigenvalue weighted by Crippen LogP contribution is -2.45. The largest absolute Gasteiger partial charge is 0.464 e. The average Bonchev–Trinajstić information content (AvgIpc) is 3.06. The lowest BCUT2D eigenvalue weighted by Gasteiger charge is -2.34. The Kier molecular flexibility index (Phi) is 4.62. The summed E-state index contributed by atoms with van der Waals surface area (Å²) >= 11 is 0. The molecule has 6 nitrogen and oxygen atoms in total. The first-order valence-electron chi connectivity index (χ1n) is 7.83. The Morgan fingerprint density at radius 3 is 3.04 bits per heavy atom. The van der Waals surface area contributed by atoms with E-state index in [4.69, 9.17) is 9.15 Å². The summed E-state index contributed by atoms with van der Waals surface area (Å²) in [5.74, 6) is 1.68. The van der Waals surface area contributed by atoms with E-state index < -0.39 is 0 Å². The predicted octanol–water partition coefficient (Wildman–Crippen LogP) is 3.15. The molecule has 23 heavy (non-hydrogen) atoms. The van der Waals surface area contributed by atoms with Gasteiger partial charge in [-0.1, -0.05) is 6.92 Å².